The van der Waals surface area contributed by atoms with Gasteiger partial charge in [-0.05, 0) is 45.7 Å². The summed E-state index contributed by atoms with van der Waals surface area (Å²) in [7, 11) is 0. The van der Waals surface area contributed by atoms with Crippen molar-refractivity contribution in [3.63, 3.8) is 0 Å². The molecule has 0 bridgehead atoms. The molecular weight excluding hydrogens is 412 g/mol. The zero-order chi connectivity index (χ0) is 16.2. The highest BCUT2D eigenvalue weighted by molar-refractivity contribution is 9.19. The van der Waals surface area contributed by atoms with E-state index in [9.17, 15) is 19.2 Å². The molecule has 0 atom stereocenters. The van der Waals surface area contributed by atoms with Gasteiger partial charge in [-0.15, -0.1) is 0 Å². The second-order valence-electron chi connectivity index (χ2n) is 4.36. The number of hydrogen-bond donors (Lipinski definition) is 1. The van der Waals surface area contributed by atoms with Crippen LogP contribution in [0.4, 0.5) is 0 Å². The third-order valence-corrected chi connectivity index (χ3v) is 3.53. The molecule has 0 aromatic rings. The predicted molar refractivity (Wildman–Crippen MR) is 82.1 cm³/mol. The van der Waals surface area contributed by atoms with Gasteiger partial charge in [0.05, 0.1) is 12.8 Å². The van der Waals surface area contributed by atoms with Crippen molar-refractivity contribution in [2.45, 2.75) is 32.7 Å². The third-order valence-electron chi connectivity index (χ3n) is 2.31. The molecule has 114 valence electrons. The van der Waals surface area contributed by atoms with Crippen molar-refractivity contribution in [3.05, 3.63) is 0 Å². The molecule has 0 fully saturated rings. The van der Waals surface area contributed by atoms with E-state index in [-0.39, 0.29) is 51.5 Å². The number of halogens is 2. The Kier molecular flexibility index (Phi) is 6.34. The minimum absolute atomic E-state index is 0.00171. The molecule has 8 nitrogen and oxygen atoms in total. The van der Waals surface area contributed by atoms with Crippen molar-refractivity contribution in [3.8, 4) is 0 Å². The van der Waals surface area contributed by atoms with Gasteiger partial charge in [0, 0.05) is 6.04 Å². The topological polar surface area (TPSA) is 108 Å². The van der Waals surface area contributed by atoms with Gasteiger partial charge in [-0.3, -0.25) is 19.2 Å². The van der Waals surface area contributed by atoms with E-state index < -0.39 is 0 Å². The number of Topliss-reactive ketones (excluding diaryl/α,β-unsaturated/α-hetero) is 2. The molecule has 2 aliphatic rings. The summed E-state index contributed by atoms with van der Waals surface area (Å²) in [6.07, 6.45) is -0.188. The van der Waals surface area contributed by atoms with Crippen molar-refractivity contribution in [2.75, 3.05) is 0 Å². The molecule has 10 heteroatoms. The van der Waals surface area contributed by atoms with Gasteiger partial charge in [-0.1, -0.05) is 0 Å². The van der Waals surface area contributed by atoms with Crippen LogP contribution >= 0.6 is 31.9 Å². The van der Waals surface area contributed by atoms with Crippen molar-refractivity contribution < 1.29 is 19.2 Å². The Balaban J connectivity index is 0.000000219. The van der Waals surface area contributed by atoms with Gasteiger partial charge in [0.15, 0.2) is 20.8 Å². The van der Waals surface area contributed by atoms with E-state index in [4.69, 9.17) is 0 Å². The van der Waals surface area contributed by atoms with Crippen molar-refractivity contribution in [1.29, 1.82) is 0 Å². The average molecular weight is 424 g/mol. The first-order valence-electron chi connectivity index (χ1n) is 5.87. The number of hydrogen-bond acceptors (Lipinski definition) is 6. The van der Waals surface area contributed by atoms with E-state index in [1.807, 2.05) is 13.8 Å². The maximum Gasteiger partial charge on any atom is 0.250 e. The molecule has 0 unspecified atom stereocenters. The summed E-state index contributed by atoms with van der Waals surface area (Å²) in [5.74, 6) is -1.13. The number of rotatable bonds is 1. The summed E-state index contributed by atoms with van der Waals surface area (Å²) in [5, 5.41) is 8.50. The Hall–Kier alpha value is -1.42. The minimum Gasteiger partial charge on any atom is -0.291 e. The van der Waals surface area contributed by atoms with Gasteiger partial charge in [0.1, 0.15) is 0 Å². The van der Waals surface area contributed by atoms with Crippen molar-refractivity contribution >= 4 is 64.5 Å². The Morgan fingerprint density at radius 1 is 1.05 bits per heavy atom. The Bertz CT molecular complexity index is 556. The highest BCUT2D eigenvalue weighted by Crippen LogP contribution is 2.12. The van der Waals surface area contributed by atoms with Crippen LogP contribution in [0.1, 0.15) is 26.7 Å². The van der Waals surface area contributed by atoms with Crippen LogP contribution in [0.3, 0.4) is 0 Å². The van der Waals surface area contributed by atoms with E-state index >= 15 is 0 Å². The van der Waals surface area contributed by atoms with Gasteiger partial charge in [-0.25, -0.2) is 10.4 Å². The lowest BCUT2D eigenvalue weighted by atomic mass is 10.2. The first-order chi connectivity index (χ1) is 9.72. The second-order valence-corrected chi connectivity index (χ2v) is 5.86. The fraction of sp³-hybridized carbons (Fsp3) is 0.455. The highest BCUT2D eigenvalue weighted by Gasteiger charge is 2.27. The number of hydrazone groups is 2. The number of nitrogens with one attached hydrogen (secondary N) is 1. The standard InChI is InChI=1S/C7H9BrN2O2.C4H3BrN2O2/c1-4(2)10-6(12)3-5(11)7(8)9-10;5-4-2(8)1-3(9)6-7-4/h4H,3H2,1-2H3;1H2,(H,6,9). The number of carbonyl (C=O) groups is 4. The van der Waals surface area contributed by atoms with Crippen LogP contribution in [-0.4, -0.2) is 43.7 Å². The van der Waals surface area contributed by atoms with Crippen molar-refractivity contribution in [2.24, 2.45) is 10.2 Å². The highest BCUT2D eigenvalue weighted by atomic mass is 79.9. The molecule has 0 radical (unpaired) electrons. The molecule has 0 spiro atoms. The zero-order valence-electron chi connectivity index (χ0n) is 11.2. The fourth-order valence-electron chi connectivity index (χ4n) is 1.33. The second kappa shape index (κ2) is 7.55. The van der Waals surface area contributed by atoms with Crippen molar-refractivity contribution in [1.82, 2.24) is 10.4 Å². The van der Waals surface area contributed by atoms with Crippen LogP contribution in [0.5, 0.6) is 0 Å². The first-order valence-corrected chi connectivity index (χ1v) is 7.45. The number of ketones is 2. The van der Waals surface area contributed by atoms with Crippen LogP contribution in [0.15, 0.2) is 10.2 Å². The Morgan fingerprint density at radius 2 is 1.62 bits per heavy atom. The van der Waals surface area contributed by atoms with E-state index in [1.54, 1.807) is 0 Å². The van der Waals surface area contributed by atoms with E-state index in [2.05, 4.69) is 47.5 Å². The zero-order valence-corrected chi connectivity index (χ0v) is 14.4. The molecule has 0 aromatic carbocycles. The maximum absolute atomic E-state index is 11.2. The largest absolute Gasteiger partial charge is 0.291 e. The molecule has 0 saturated heterocycles. The molecule has 21 heavy (non-hydrogen) atoms. The predicted octanol–water partition coefficient (Wildman–Crippen LogP) is 0.688. The molecule has 0 saturated carbocycles. The average Bonchev–Trinajstić information content (AvgIpc) is 2.39. The minimum atomic E-state index is -0.358. The number of carbonyl (C=O) groups excluding carboxylic acids is 4. The van der Waals surface area contributed by atoms with Crippen LogP contribution in [0.25, 0.3) is 0 Å². The molecule has 1 N–H and O–H groups in total. The lowest BCUT2D eigenvalue weighted by Crippen LogP contribution is -2.39. The molecular formula is C11H12Br2N4O4. The van der Waals surface area contributed by atoms with Crippen LogP contribution in [0, 0.1) is 0 Å². The summed E-state index contributed by atoms with van der Waals surface area (Å²) >= 11 is 5.86. The fourth-order valence-corrected chi connectivity index (χ4v) is 1.87. The summed E-state index contributed by atoms with van der Waals surface area (Å²) in [4.78, 5) is 43.0. The van der Waals surface area contributed by atoms with Gasteiger partial charge >= 0.3 is 0 Å². The number of nitrogens with zero attached hydrogens (tertiary/aromatic N) is 3. The van der Waals surface area contributed by atoms with E-state index in [1.165, 1.54) is 5.01 Å². The lowest BCUT2D eigenvalue weighted by Gasteiger charge is -2.24. The van der Waals surface area contributed by atoms with Crippen LogP contribution in [-0.2, 0) is 19.2 Å². The summed E-state index contributed by atoms with van der Waals surface area (Å²) in [5.41, 5.74) is 2.14. The molecule has 2 rings (SSSR count). The lowest BCUT2D eigenvalue weighted by molar-refractivity contribution is -0.136. The van der Waals surface area contributed by atoms with Gasteiger partial charge in [-0.2, -0.15) is 10.2 Å². The summed E-state index contributed by atoms with van der Waals surface area (Å²) in [6.45, 7) is 3.69. The van der Waals surface area contributed by atoms with Gasteiger partial charge < -0.3 is 0 Å². The smallest absolute Gasteiger partial charge is 0.250 e. The summed E-state index contributed by atoms with van der Waals surface area (Å²) in [6, 6.07) is -0.00171. The van der Waals surface area contributed by atoms with Crippen LogP contribution in [0.2, 0.25) is 0 Å². The van der Waals surface area contributed by atoms with E-state index in [0.717, 1.165) is 0 Å². The molecule has 0 aliphatic carbocycles. The molecule has 0 aromatic heterocycles. The quantitative estimate of drug-likeness (QED) is 0.625. The normalized spacial score (nSPS) is 18.8. The SMILES string of the molecule is CC(C)N1N=C(Br)C(=O)CC1=O.O=C1CC(=O)C(Br)=NN1. The van der Waals surface area contributed by atoms with Crippen LogP contribution < -0.4 is 5.43 Å². The maximum atomic E-state index is 11.2. The van der Waals surface area contributed by atoms with E-state index in [0.29, 0.717) is 0 Å². The third kappa shape index (κ3) is 5.12. The summed E-state index contributed by atoms with van der Waals surface area (Å²) < 4.78 is 0.415. The Morgan fingerprint density at radius 3 is 2.10 bits per heavy atom. The molecule has 2 amide bonds. The Labute approximate surface area is 137 Å². The number of amides is 2. The first kappa shape index (κ1) is 17.6. The van der Waals surface area contributed by atoms with Gasteiger partial charge in [0.2, 0.25) is 5.91 Å². The monoisotopic (exact) mass is 422 g/mol. The van der Waals surface area contributed by atoms with Gasteiger partial charge in [0.25, 0.3) is 5.91 Å². The molecule has 2 aliphatic heterocycles. The molecule has 2 heterocycles.